The molecule has 0 radical (unpaired) electrons. The molecule has 0 aliphatic carbocycles. The number of thioether (sulfide) groups is 1. The fraction of sp³-hybridized carbons (Fsp3) is 0.0952. The summed E-state index contributed by atoms with van der Waals surface area (Å²) in [6.07, 6.45) is 0. The predicted octanol–water partition coefficient (Wildman–Crippen LogP) is 5.34. The van der Waals surface area contributed by atoms with Crippen molar-refractivity contribution >= 4 is 17.7 Å². The number of esters is 1. The van der Waals surface area contributed by atoms with Crippen molar-refractivity contribution in [1.29, 1.82) is 0 Å². The van der Waals surface area contributed by atoms with E-state index < -0.39 is 5.97 Å². The van der Waals surface area contributed by atoms with Crippen molar-refractivity contribution in [2.45, 2.75) is 11.8 Å². The van der Waals surface area contributed by atoms with Gasteiger partial charge in [-0.05, 0) is 48.9 Å². The Morgan fingerprint density at radius 3 is 2.48 bits per heavy atom. The van der Waals surface area contributed by atoms with Crippen molar-refractivity contribution in [2.75, 3.05) is 5.94 Å². The van der Waals surface area contributed by atoms with Crippen LogP contribution in [0.2, 0.25) is 0 Å². The molecule has 0 aromatic heterocycles. The second-order valence-corrected chi connectivity index (χ2v) is 6.42. The van der Waals surface area contributed by atoms with Crippen molar-refractivity contribution in [3.8, 4) is 11.5 Å². The molecule has 3 nitrogen and oxygen atoms in total. The fourth-order valence-corrected chi connectivity index (χ4v) is 2.95. The minimum absolute atomic E-state index is 0.415. The molecule has 0 atom stereocenters. The maximum absolute atomic E-state index is 12.5. The third kappa shape index (κ3) is 4.88. The van der Waals surface area contributed by atoms with E-state index in [9.17, 15) is 4.79 Å². The van der Waals surface area contributed by atoms with Crippen LogP contribution in [0.5, 0.6) is 11.5 Å². The van der Waals surface area contributed by atoms with E-state index in [0.717, 1.165) is 10.5 Å². The molecule has 126 valence electrons. The highest BCUT2D eigenvalue weighted by Gasteiger charge is 2.14. The van der Waals surface area contributed by atoms with Gasteiger partial charge >= 0.3 is 5.97 Å². The summed E-state index contributed by atoms with van der Waals surface area (Å²) >= 11 is 1.57. The molecule has 0 heterocycles. The van der Waals surface area contributed by atoms with Crippen LogP contribution in [-0.2, 0) is 0 Å². The van der Waals surface area contributed by atoms with Crippen LogP contribution in [-0.4, -0.2) is 11.9 Å². The van der Waals surface area contributed by atoms with Crippen LogP contribution in [0.3, 0.4) is 0 Å². The molecule has 0 aliphatic rings. The van der Waals surface area contributed by atoms with Gasteiger partial charge in [-0.15, -0.1) is 0 Å². The maximum atomic E-state index is 12.5. The quantitative estimate of drug-likeness (QED) is 0.260. The first-order valence-electron chi connectivity index (χ1n) is 7.91. The monoisotopic (exact) mass is 350 g/mol. The third-order valence-corrected chi connectivity index (χ3v) is 4.33. The van der Waals surface area contributed by atoms with Gasteiger partial charge in [0.25, 0.3) is 0 Å². The van der Waals surface area contributed by atoms with Gasteiger partial charge in [0.1, 0.15) is 23.0 Å². The molecule has 0 unspecified atom stereocenters. The summed E-state index contributed by atoms with van der Waals surface area (Å²) in [6.45, 7) is 1.95. The zero-order chi connectivity index (χ0) is 17.5. The lowest BCUT2D eigenvalue weighted by Gasteiger charge is -2.11. The lowest BCUT2D eigenvalue weighted by molar-refractivity contribution is 0.0731. The maximum Gasteiger partial charge on any atom is 0.347 e. The Kier molecular flexibility index (Phi) is 5.75. The van der Waals surface area contributed by atoms with Crippen LogP contribution in [0.4, 0.5) is 0 Å². The number of carbonyl (C=O) groups excluding carboxylic acids is 1. The molecule has 0 spiro atoms. The highest BCUT2D eigenvalue weighted by atomic mass is 32.2. The zero-order valence-corrected chi connectivity index (χ0v) is 14.7. The average Bonchev–Trinajstić information content (AvgIpc) is 2.63. The first kappa shape index (κ1) is 17.1. The highest BCUT2D eigenvalue weighted by Crippen LogP contribution is 2.24. The second kappa shape index (κ2) is 8.40. The lowest BCUT2D eigenvalue weighted by Crippen LogP contribution is -2.10. The van der Waals surface area contributed by atoms with E-state index in [4.69, 9.17) is 9.47 Å². The normalized spacial score (nSPS) is 10.3. The molecule has 0 N–H and O–H groups in total. The molecule has 4 heteroatoms. The van der Waals surface area contributed by atoms with Crippen molar-refractivity contribution in [1.82, 2.24) is 0 Å². The van der Waals surface area contributed by atoms with Crippen LogP contribution >= 0.6 is 11.8 Å². The van der Waals surface area contributed by atoms with E-state index in [2.05, 4.69) is 0 Å². The first-order chi connectivity index (χ1) is 12.2. The van der Waals surface area contributed by atoms with Crippen LogP contribution in [0.1, 0.15) is 15.9 Å². The molecule has 0 bridgehead atoms. The number of ether oxygens (including phenoxy) is 2. The predicted molar refractivity (Wildman–Crippen MR) is 100 cm³/mol. The molecule has 3 aromatic carbocycles. The summed E-state index contributed by atoms with van der Waals surface area (Å²) < 4.78 is 11.2. The van der Waals surface area contributed by atoms with E-state index in [1.54, 1.807) is 36.0 Å². The van der Waals surface area contributed by atoms with Gasteiger partial charge in [-0.3, -0.25) is 0 Å². The molecule has 0 amide bonds. The van der Waals surface area contributed by atoms with E-state index >= 15 is 0 Å². The molecule has 0 saturated heterocycles. The summed E-state index contributed by atoms with van der Waals surface area (Å²) in [5.41, 5.74) is 1.45. The number of carbonyl (C=O) groups is 1. The smallest absolute Gasteiger partial charge is 0.347 e. The summed E-state index contributed by atoms with van der Waals surface area (Å²) in [5, 5.41) is 0. The van der Waals surface area contributed by atoms with Crippen LogP contribution in [0.15, 0.2) is 83.8 Å². The number of benzene rings is 3. The largest absolute Gasteiger partial charge is 0.482 e. The topological polar surface area (TPSA) is 35.5 Å². The molecule has 0 aliphatic heterocycles. The van der Waals surface area contributed by atoms with Gasteiger partial charge in [-0.25, -0.2) is 4.79 Å². The first-order valence-corrected chi connectivity index (χ1v) is 8.89. The van der Waals surface area contributed by atoms with Crippen molar-refractivity contribution in [3.63, 3.8) is 0 Å². The van der Waals surface area contributed by atoms with Gasteiger partial charge < -0.3 is 9.47 Å². The SMILES string of the molecule is Cc1cccc(OC(=O)c2ccccc2OCSc2ccccc2)c1. The third-order valence-electron chi connectivity index (χ3n) is 3.49. The minimum atomic E-state index is -0.425. The number of aryl methyl sites for hydroxylation is 1. The second-order valence-electron chi connectivity index (χ2n) is 5.42. The van der Waals surface area contributed by atoms with Crippen molar-refractivity contribution in [3.05, 3.63) is 90.0 Å². The highest BCUT2D eigenvalue weighted by molar-refractivity contribution is 7.99. The minimum Gasteiger partial charge on any atom is -0.482 e. The van der Waals surface area contributed by atoms with E-state index in [1.807, 2.05) is 61.5 Å². The molecule has 0 saturated carbocycles. The van der Waals surface area contributed by atoms with Gasteiger partial charge in [0.2, 0.25) is 0 Å². The van der Waals surface area contributed by atoms with Crippen molar-refractivity contribution in [2.24, 2.45) is 0 Å². The molecule has 0 fully saturated rings. The Morgan fingerprint density at radius 1 is 0.920 bits per heavy atom. The standard InChI is InChI=1S/C21H18O3S/c1-16-8-7-9-17(14-16)24-21(22)19-12-5-6-13-20(19)23-15-25-18-10-3-2-4-11-18/h2-14H,15H2,1H3. The Labute approximate surface area is 151 Å². The van der Waals surface area contributed by atoms with E-state index in [1.165, 1.54) is 0 Å². The Balaban J connectivity index is 1.66. The van der Waals surface area contributed by atoms with Gasteiger partial charge in [0, 0.05) is 4.90 Å². The zero-order valence-electron chi connectivity index (χ0n) is 13.8. The van der Waals surface area contributed by atoms with Gasteiger partial charge in [-0.1, -0.05) is 54.2 Å². The number of hydrogen-bond donors (Lipinski definition) is 0. The summed E-state index contributed by atoms with van der Waals surface area (Å²) in [5.74, 6) is 1.03. The summed E-state index contributed by atoms with van der Waals surface area (Å²) in [6, 6.07) is 24.5. The van der Waals surface area contributed by atoms with Crippen LogP contribution < -0.4 is 9.47 Å². The fourth-order valence-electron chi connectivity index (χ4n) is 2.28. The molecule has 3 rings (SSSR count). The molecule has 3 aromatic rings. The summed E-state index contributed by atoms with van der Waals surface area (Å²) in [4.78, 5) is 13.6. The molecular weight excluding hydrogens is 332 g/mol. The van der Waals surface area contributed by atoms with Crippen molar-refractivity contribution < 1.29 is 14.3 Å². The summed E-state index contributed by atoms with van der Waals surface area (Å²) in [7, 11) is 0. The van der Waals surface area contributed by atoms with Crippen LogP contribution in [0, 0.1) is 6.92 Å². The van der Waals surface area contributed by atoms with E-state index in [0.29, 0.717) is 23.0 Å². The van der Waals surface area contributed by atoms with E-state index in [-0.39, 0.29) is 0 Å². The average molecular weight is 350 g/mol. The Bertz CT molecular complexity index is 847. The Hall–Kier alpha value is -2.72. The number of rotatable bonds is 6. The lowest BCUT2D eigenvalue weighted by atomic mass is 10.2. The van der Waals surface area contributed by atoms with Gasteiger partial charge in [0.15, 0.2) is 0 Å². The molecular formula is C21H18O3S. The van der Waals surface area contributed by atoms with Gasteiger partial charge in [0.05, 0.1) is 0 Å². The number of para-hydroxylation sites is 1. The number of hydrogen-bond acceptors (Lipinski definition) is 4. The molecule has 25 heavy (non-hydrogen) atoms. The Morgan fingerprint density at radius 2 is 1.68 bits per heavy atom. The van der Waals surface area contributed by atoms with Crippen LogP contribution in [0.25, 0.3) is 0 Å². The van der Waals surface area contributed by atoms with Gasteiger partial charge in [-0.2, -0.15) is 0 Å².